The van der Waals surface area contributed by atoms with Crippen LogP contribution in [-0.4, -0.2) is 10.1 Å². The fourth-order valence-electron chi connectivity index (χ4n) is 2.23. The first-order valence-corrected chi connectivity index (χ1v) is 8.51. The van der Waals surface area contributed by atoms with E-state index in [4.69, 9.17) is 0 Å². The molecule has 2 heterocycles. The minimum Gasteiger partial charge on any atom is -0.388 e. The molecule has 102 valence electrons. The van der Waals surface area contributed by atoms with Crippen molar-refractivity contribution in [1.29, 1.82) is 0 Å². The molecule has 0 amide bonds. The number of rotatable bonds is 3. The van der Waals surface area contributed by atoms with Gasteiger partial charge >= 0.3 is 0 Å². The molecule has 2 nitrogen and oxygen atoms in total. The Kier molecular flexibility index (Phi) is 4.21. The smallest absolute Gasteiger partial charge is 0.0850 e. The Balaban J connectivity index is 1.95. The Hall–Kier alpha value is -0.750. The number of halogens is 2. The summed E-state index contributed by atoms with van der Waals surface area (Å²) in [6.07, 6.45) is 1.84. The van der Waals surface area contributed by atoms with E-state index in [0.717, 1.165) is 29.6 Å². The van der Waals surface area contributed by atoms with Gasteiger partial charge in [-0.1, -0.05) is 18.2 Å². The van der Waals surface area contributed by atoms with Gasteiger partial charge in [0, 0.05) is 23.6 Å². The van der Waals surface area contributed by atoms with Crippen molar-refractivity contribution in [2.24, 2.45) is 0 Å². The predicted octanol–water partition coefficient (Wildman–Crippen LogP) is 5.10. The molecule has 1 atom stereocenters. The topological polar surface area (TPSA) is 33.1 Å². The van der Waals surface area contributed by atoms with Crippen LogP contribution in [0.4, 0.5) is 0 Å². The quantitative estimate of drug-likeness (QED) is 0.649. The maximum absolute atomic E-state index is 10.5. The number of thiophene rings is 1. The molecule has 0 radical (unpaired) electrons. The molecule has 0 aliphatic carbocycles. The normalized spacial score (nSPS) is 12.8. The van der Waals surface area contributed by atoms with Crippen LogP contribution in [0.15, 0.2) is 50.2 Å². The molecule has 0 aliphatic rings. The lowest BCUT2D eigenvalue weighted by atomic mass is 10.0. The molecule has 0 saturated heterocycles. The third-order valence-electron chi connectivity index (χ3n) is 3.19. The van der Waals surface area contributed by atoms with E-state index in [2.05, 4.69) is 36.8 Å². The molecule has 5 heteroatoms. The van der Waals surface area contributed by atoms with Crippen molar-refractivity contribution >= 4 is 54.1 Å². The Morgan fingerprint density at radius 2 is 2.00 bits per heavy atom. The molecule has 0 bridgehead atoms. The number of aliphatic hydroxyl groups excluding tert-OH is 1. The molecule has 0 spiro atoms. The Morgan fingerprint density at radius 1 is 1.20 bits per heavy atom. The van der Waals surface area contributed by atoms with Crippen LogP contribution in [0.3, 0.4) is 0 Å². The molecule has 1 aromatic carbocycles. The number of nitrogens with zero attached hydrogens (tertiary/aromatic N) is 1. The average Bonchev–Trinajstić information content (AvgIpc) is 2.78. The highest BCUT2D eigenvalue weighted by atomic mass is 79.9. The fraction of sp³-hybridized carbons (Fsp3) is 0.133. The summed E-state index contributed by atoms with van der Waals surface area (Å²) >= 11 is 8.51. The van der Waals surface area contributed by atoms with Crippen LogP contribution in [0.1, 0.15) is 17.2 Å². The Morgan fingerprint density at radius 3 is 2.75 bits per heavy atom. The zero-order valence-corrected chi connectivity index (χ0v) is 14.4. The van der Waals surface area contributed by atoms with Crippen LogP contribution < -0.4 is 0 Å². The van der Waals surface area contributed by atoms with Gasteiger partial charge in [0.05, 0.1) is 19.2 Å². The molecular weight excluding hydrogens is 402 g/mol. The van der Waals surface area contributed by atoms with Gasteiger partial charge in [-0.15, -0.1) is 11.3 Å². The van der Waals surface area contributed by atoms with Gasteiger partial charge in [0.15, 0.2) is 0 Å². The zero-order chi connectivity index (χ0) is 14.1. The summed E-state index contributed by atoms with van der Waals surface area (Å²) in [6, 6.07) is 11.9. The number of benzene rings is 1. The highest BCUT2D eigenvalue weighted by Gasteiger charge is 2.16. The summed E-state index contributed by atoms with van der Waals surface area (Å²) in [5, 5.41) is 11.6. The minimum absolute atomic E-state index is 0.530. The second-order valence-electron chi connectivity index (χ2n) is 4.49. The first-order valence-electron chi connectivity index (χ1n) is 6.10. The van der Waals surface area contributed by atoms with E-state index in [1.807, 2.05) is 36.4 Å². The van der Waals surface area contributed by atoms with Crippen molar-refractivity contribution < 1.29 is 5.11 Å². The van der Waals surface area contributed by atoms with E-state index in [0.29, 0.717) is 6.42 Å². The third-order valence-corrected chi connectivity index (χ3v) is 5.58. The largest absolute Gasteiger partial charge is 0.388 e. The van der Waals surface area contributed by atoms with Gasteiger partial charge in [0.2, 0.25) is 0 Å². The molecule has 2 aromatic heterocycles. The number of fused-ring (bicyclic) bond motifs is 1. The van der Waals surface area contributed by atoms with Crippen LogP contribution >= 0.6 is 43.2 Å². The van der Waals surface area contributed by atoms with Gasteiger partial charge in [-0.3, -0.25) is 4.98 Å². The monoisotopic (exact) mass is 411 g/mol. The number of hydrogen-bond donors (Lipinski definition) is 1. The Bertz CT molecular complexity index is 751. The van der Waals surface area contributed by atoms with Crippen LogP contribution in [0, 0.1) is 0 Å². The van der Waals surface area contributed by atoms with E-state index in [1.54, 1.807) is 17.5 Å². The number of hydrogen-bond acceptors (Lipinski definition) is 3. The highest BCUT2D eigenvalue weighted by Crippen LogP contribution is 2.37. The van der Waals surface area contributed by atoms with Crippen molar-refractivity contribution in [3.8, 4) is 0 Å². The highest BCUT2D eigenvalue weighted by molar-refractivity contribution is 9.12. The van der Waals surface area contributed by atoms with Gasteiger partial charge in [0.1, 0.15) is 0 Å². The standard InChI is InChI=1S/C15H11Br2NOS/c16-14-8-11(15(17)20-14)13(19)7-9-5-6-18-12-4-2-1-3-10(9)12/h1-6,8,13,19H,7H2. The minimum atomic E-state index is -0.530. The molecule has 1 unspecified atom stereocenters. The van der Waals surface area contributed by atoms with Crippen molar-refractivity contribution in [2.75, 3.05) is 0 Å². The van der Waals surface area contributed by atoms with E-state index in [1.165, 1.54) is 0 Å². The maximum Gasteiger partial charge on any atom is 0.0850 e. The van der Waals surface area contributed by atoms with Gasteiger partial charge in [0.25, 0.3) is 0 Å². The third kappa shape index (κ3) is 2.81. The summed E-state index contributed by atoms with van der Waals surface area (Å²) in [5.74, 6) is 0. The second kappa shape index (κ2) is 5.93. The lowest BCUT2D eigenvalue weighted by Crippen LogP contribution is -2.02. The molecule has 3 aromatic rings. The van der Waals surface area contributed by atoms with Crippen LogP contribution in [0.2, 0.25) is 0 Å². The van der Waals surface area contributed by atoms with E-state index < -0.39 is 6.10 Å². The van der Waals surface area contributed by atoms with Gasteiger partial charge in [-0.25, -0.2) is 0 Å². The van der Waals surface area contributed by atoms with Gasteiger partial charge in [-0.05, 0) is 55.6 Å². The summed E-state index contributed by atoms with van der Waals surface area (Å²) in [7, 11) is 0. The molecule has 0 aliphatic heterocycles. The SMILES string of the molecule is OC(Cc1ccnc2ccccc12)c1cc(Br)sc1Br. The van der Waals surface area contributed by atoms with E-state index >= 15 is 0 Å². The van der Waals surface area contributed by atoms with Crippen LogP contribution in [0.5, 0.6) is 0 Å². The average molecular weight is 413 g/mol. The van der Waals surface area contributed by atoms with Gasteiger partial charge < -0.3 is 5.11 Å². The predicted molar refractivity (Wildman–Crippen MR) is 90.1 cm³/mol. The molecule has 3 rings (SSSR count). The molecule has 0 fully saturated rings. The molecule has 0 saturated carbocycles. The first kappa shape index (κ1) is 14.2. The summed E-state index contributed by atoms with van der Waals surface area (Å²) in [6.45, 7) is 0. The van der Waals surface area contributed by atoms with Crippen LogP contribution in [0.25, 0.3) is 10.9 Å². The Labute approximate surface area is 137 Å². The first-order chi connectivity index (χ1) is 9.65. The maximum atomic E-state index is 10.5. The fourth-order valence-corrected chi connectivity index (χ4v) is 5.19. The van der Waals surface area contributed by atoms with E-state index in [9.17, 15) is 5.11 Å². The number of pyridine rings is 1. The molecule has 1 N–H and O–H groups in total. The summed E-state index contributed by atoms with van der Waals surface area (Å²) in [4.78, 5) is 4.35. The van der Waals surface area contributed by atoms with Crippen molar-refractivity contribution in [1.82, 2.24) is 4.98 Å². The number of aromatic nitrogens is 1. The van der Waals surface area contributed by atoms with Crippen molar-refractivity contribution in [2.45, 2.75) is 12.5 Å². The number of para-hydroxylation sites is 1. The lowest BCUT2D eigenvalue weighted by Gasteiger charge is -2.12. The summed E-state index contributed by atoms with van der Waals surface area (Å²) in [5.41, 5.74) is 2.99. The number of aliphatic hydroxyl groups is 1. The second-order valence-corrected chi connectivity index (χ2v) is 8.24. The lowest BCUT2D eigenvalue weighted by molar-refractivity contribution is 0.178. The van der Waals surface area contributed by atoms with Gasteiger partial charge in [-0.2, -0.15) is 0 Å². The molecular formula is C15H11Br2NOS. The van der Waals surface area contributed by atoms with Crippen molar-refractivity contribution in [3.05, 3.63) is 61.3 Å². The zero-order valence-electron chi connectivity index (χ0n) is 10.4. The molecule has 20 heavy (non-hydrogen) atoms. The summed E-state index contributed by atoms with van der Waals surface area (Å²) < 4.78 is 1.98. The van der Waals surface area contributed by atoms with E-state index in [-0.39, 0.29) is 0 Å². The van der Waals surface area contributed by atoms with Crippen molar-refractivity contribution in [3.63, 3.8) is 0 Å². The van der Waals surface area contributed by atoms with Crippen LogP contribution in [-0.2, 0) is 6.42 Å².